The molecule has 2 aromatic carbocycles. The van der Waals surface area contributed by atoms with Crippen molar-refractivity contribution in [3.63, 3.8) is 0 Å². The Labute approximate surface area is 117 Å². The van der Waals surface area contributed by atoms with Crippen LogP contribution in [0.5, 0.6) is 11.5 Å². The predicted octanol–water partition coefficient (Wildman–Crippen LogP) is 3.38. The van der Waals surface area contributed by atoms with Crippen LogP contribution in [0.2, 0.25) is 0 Å². The van der Waals surface area contributed by atoms with Gasteiger partial charge in [-0.2, -0.15) is 0 Å². The van der Waals surface area contributed by atoms with Crippen molar-refractivity contribution in [3.8, 4) is 11.5 Å². The molecule has 0 aliphatic carbocycles. The maximum absolute atomic E-state index is 13.1. The lowest BCUT2D eigenvalue weighted by Crippen LogP contribution is -2.02. The number of rotatable bonds is 4. The summed E-state index contributed by atoms with van der Waals surface area (Å²) in [6, 6.07) is 10.7. The third-order valence-corrected chi connectivity index (χ3v) is 3.40. The summed E-state index contributed by atoms with van der Waals surface area (Å²) in [6.45, 7) is 1.42. The minimum atomic E-state index is -0.304. The molecular weight excluding hydrogens is 257 g/mol. The summed E-state index contributed by atoms with van der Waals surface area (Å²) >= 11 is 0. The zero-order chi connectivity index (χ0) is 13.9. The molecule has 4 heteroatoms. The highest BCUT2D eigenvalue weighted by molar-refractivity contribution is 5.56. The molecule has 1 heterocycles. The van der Waals surface area contributed by atoms with E-state index in [4.69, 9.17) is 9.47 Å². The van der Waals surface area contributed by atoms with Crippen LogP contribution < -0.4 is 14.8 Å². The largest absolute Gasteiger partial charge is 0.494 e. The molecule has 2 aromatic rings. The van der Waals surface area contributed by atoms with Gasteiger partial charge in [0.2, 0.25) is 0 Å². The quantitative estimate of drug-likeness (QED) is 0.926. The Balaban J connectivity index is 1.73. The number of halogens is 1. The van der Waals surface area contributed by atoms with Crippen molar-refractivity contribution >= 4 is 5.69 Å². The van der Waals surface area contributed by atoms with Crippen molar-refractivity contribution in [3.05, 3.63) is 53.3 Å². The number of methoxy groups -OCH3 is 1. The zero-order valence-electron chi connectivity index (χ0n) is 11.3. The number of hydrogen-bond acceptors (Lipinski definition) is 3. The van der Waals surface area contributed by atoms with Crippen molar-refractivity contribution in [1.82, 2.24) is 0 Å². The molecule has 1 aliphatic heterocycles. The Morgan fingerprint density at radius 2 is 2.15 bits per heavy atom. The molecular formula is C16H16FNO2. The smallest absolute Gasteiger partial charge is 0.144 e. The zero-order valence-corrected chi connectivity index (χ0v) is 11.3. The second-order valence-corrected chi connectivity index (χ2v) is 4.74. The van der Waals surface area contributed by atoms with Crippen LogP contribution in [0, 0.1) is 5.82 Å². The van der Waals surface area contributed by atoms with Gasteiger partial charge < -0.3 is 14.8 Å². The summed E-state index contributed by atoms with van der Waals surface area (Å²) in [5.41, 5.74) is 3.20. The maximum atomic E-state index is 13.1. The molecule has 0 amide bonds. The first-order chi connectivity index (χ1) is 9.76. The Bertz CT molecular complexity index is 628. The molecule has 3 rings (SSSR count). The van der Waals surface area contributed by atoms with E-state index in [2.05, 4.69) is 11.4 Å². The van der Waals surface area contributed by atoms with E-state index in [0.29, 0.717) is 12.3 Å². The number of hydrogen-bond donors (Lipinski definition) is 1. The third kappa shape index (κ3) is 2.54. The van der Waals surface area contributed by atoms with Gasteiger partial charge in [0.05, 0.1) is 19.4 Å². The van der Waals surface area contributed by atoms with E-state index in [-0.39, 0.29) is 5.82 Å². The third-order valence-electron chi connectivity index (χ3n) is 3.40. The average molecular weight is 273 g/mol. The van der Waals surface area contributed by atoms with E-state index in [9.17, 15) is 4.39 Å². The van der Waals surface area contributed by atoms with Crippen molar-refractivity contribution in [2.75, 3.05) is 19.0 Å². The number of anilines is 1. The number of fused-ring (bicyclic) bond motifs is 1. The van der Waals surface area contributed by atoms with Crippen molar-refractivity contribution < 1.29 is 13.9 Å². The summed E-state index contributed by atoms with van der Waals surface area (Å²) in [6.07, 6.45) is 0.961. The monoisotopic (exact) mass is 273 g/mol. The van der Waals surface area contributed by atoms with E-state index in [1.165, 1.54) is 30.4 Å². The van der Waals surface area contributed by atoms with Gasteiger partial charge in [0.15, 0.2) is 0 Å². The van der Waals surface area contributed by atoms with Gasteiger partial charge >= 0.3 is 0 Å². The minimum absolute atomic E-state index is 0.304. The molecule has 1 aliphatic rings. The minimum Gasteiger partial charge on any atom is -0.494 e. The van der Waals surface area contributed by atoms with Crippen molar-refractivity contribution in [2.24, 2.45) is 0 Å². The van der Waals surface area contributed by atoms with Crippen LogP contribution >= 0.6 is 0 Å². The molecule has 0 unspecified atom stereocenters. The second kappa shape index (κ2) is 5.41. The molecule has 0 atom stereocenters. The molecule has 3 nitrogen and oxygen atoms in total. The fraction of sp³-hybridized carbons (Fsp3) is 0.250. The molecule has 104 valence electrons. The van der Waals surface area contributed by atoms with Gasteiger partial charge in [-0.1, -0.05) is 12.1 Å². The summed E-state index contributed by atoms with van der Waals surface area (Å²) in [4.78, 5) is 0. The molecule has 0 spiro atoms. The van der Waals surface area contributed by atoms with Crippen LogP contribution in [0.15, 0.2) is 36.4 Å². The van der Waals surface area contributed by atoms with E-state index >= 15 is 0 Å². The van der Waals surface area contributed by atoms with Gasteiger partial charge in [0.1, 0.15) is 17.3 Å². The Morgan fingerprint density at radius 3 is 3.00 bits per heavy atom. The van der Waals surface area contributed by atoms with Crippen LogP contribution in [0.3, 0.4) is 0 Å². The van der Waals surface area contributed by atoms with Crippen molar-refractivity contribution in [2.45, 2.75) is 13.0 Å². The van der Waals surface area contributed by atoms with Gasteiger partial charge in [-0.15, -0.1) is 0 Å². The fourth-order valence-corrected chi connectivity index (χ4v) is 2.36. The molecule has 0 saturated carbocycles. The molecule has 1 N–H and O–H groups in total. The topological polar surface area (TPSA) is 30.5 Å². The highest BCUT2D eigenvalue weighted by Gasteiger charge is 2.12. The van der Waals surface area contributed by atoms with Crippen molar-refractivity contribution in [1.29, 1.82) is 0 Å². The highest BCUT2D eigenvalue weighted by atomic mass is 19.1. The Morgan fingerprint density at radius 1 is 1.25 bits per heavy atom. The second-order valence-electron chi connectivity index (χ2n) is 4.74. The maximum Gasteiger partial charge on any atom is 0.144 e. The van der Waals surface area contributed by atoms with Crippen LogP contribution in [0.4, 0.5) is 10.1 Å². The van der Waals surface area contributed by atoms with Gasteiger partial charge in [-0.05, 0) is 29.3 Å². The summed E-state index contributed by atoms with van der Waals surface area (Å²) in [7, 11) is 1.53. The summed E-state index contributed by atoms with van der Waals surface area (Å²) in [5.74, 6) is 1.18. The molecule has 0 fully saturated rings. The van der Waals surface area contributed by atoms with E-state index in [1.807, 2.05) is 12.1 Å². The van der Waals surface area contributed by atoms with Gasteiger partial charge in [-0.3, -0.25) is 0 Å². The van der Waals surface area contributed by atoms with Gasteiger partial charge in [-0.25, -0.2) is 4.39 Å². The molecule has 0 aromatic heterocycles. The summed E-state index contributed by atoms with van der Waals surface area (Å²) < 4.78 is 23.8. The first kappa shape index (κ1) is 12.8. The molecule has 0 radical (unpaired) electrons. The standard InChI is InChI=1S/C16H16FNO2/c1-19-16-9-13(17)3-4-14(16)18-10-11-2-5-15-12(8-11)6-7-20-15/h2-5,8-9,18H,6-7,10H2,1H3. The first-order valence-corrected chi connectivity index (χ1v) is 6.58. The van der Waals surface area contributed by atoms with Crippen LogP contribution in [0.1, 0.15) is 11.1 Å². The Hall–Kier alpha value is -2.23. The van der Waals surface area contributed by atoms with E-state index in [0.717, 1.165) is 24.5 Å². The molecule has 0 bridgehead atoms. The SMILES string of the molecule is COc1cc(F)ccc1NCc1ccc2c(c1)CCO2. The number of nitrogens with one attached hydrogen (secondary N) is 1. The first-order valence-electron chi connectivity index (χ1n) is 6.58. The highest BCUT2D eigenvalue weighted by Crippen LogP contribution is 2.28. The normalized spacial score (nSPS) is 12.7. The van der Waals surface area contributed by atoms with Crippen LogP contribution in [0.25, 0.3) is 0 Å². The number of ether oxygens (including phenoxy) is 2. The number of benzene rings is 2. The lowest BCUT2D eigenvalue weighted by molar-refractivity contribution is 0.357. The Kier molecular flexibility index (Phi) is 3.46. The predicted molar refractivity (Wildman–Crippen MR) is 75.9 cm³/mol. The lowest BCUT2D eigenvalue weighted by atomic mass is 10.1. The average Bonchev–Trinajstić information content (AvgIpc) is 2.93. The molecule has 20 heavy (non-hydrogen) atoms. The molecule has 0 saturated heterocycles. The van der Waals surface area contributed by atoms with Gasteiger partial charge in [0, 0.05) is 19.0 Å². The van der Waals surface area contributed by atoms with E-state index in [1.54, 1.807) is 6.07 Å². The van der Waals surface area contributed by atoms with Crippen LogP contribution in [-0.2, 0) is 13.0 Å². The van der Waals surface area contributed by atoms with E-state index < -0.39 is 0 Å². The fourth-order valence-electron chi connectivity index (χ4n) is 2.36. The van der Waals surface area contributed by atoms with Gasteiger partial charge in [0.25, 0.3) is 0 Å². The summed E-state index contributed by atoms with van der Waals surface area (Å²) in [5, 5.41) is 3.27. The van der Waals surface area contributed by atoms with Crippen LogP contribution in [-0.4, -0.2) is 13.7 Å². The lowest BCUT2D eigenvalue weighted by Gasteiger charge is -2.11.